The number of hydrogen-bond donors (Lipinski definition) is 2. The molecule has 1 fully saturated rings. The fraction of sp³-hybridized carbons (Fsp3) is 0.267. The minimum atomic E-state index is 0.249. The number of hydrogen-bond acceptors (Lipinski definition) is 4. The maximum atomic E-state index is 10.0. The Labute approximate surface area is 201 Å². The Bertz CT molecular complexity index is 1280. The van der Waals surface area contributed by atoms with Gasteiger partial charge in [-0.3, -0.25) is 4.90 Å². The molecule has 0 amide bonds. The van der Waals surface area contributed by atoms with Gasteiger partial charge in [0.05, 0.1) is 0 Å². The third-order valence-electron chi connectivity index (χ3n) is 6.76. The second-order valence-electron chi connectivity index (χ2n) is 9.41. The van der Waals surface area contributed by atoms with Gasteiger partial charge in [-0.15, -0.1) is 0 Å². The Hall–Kier alpha value is -3.50. The monoisotopic (exact) mass is 453 g/mol. The zero-order valence-electron chi connectivity index (χ0n) is 19.6. The average molecular weight is 454 g/mol. The van der Waals surface area contributed by atoms with Gasteiger partial charge in [0.25, 0.3) is 0 Å². The number of rotatable bonds is 7. The largest absolute Gasteiger partial charge is 0.508 e. The molecular weight excluding hydrogens is 422 g/mol. The van der Waals surface area contributed by atoms with Crippen LogP contribution in [-0.4, -0.2) is 41.4 Å². The molecule has 1 aliphatic rings. The van der Waals surface area contributed by atoms with Gasteiger partial charge in [0.1, 0.15) is 23.9 Å². The number of fused-ring (bicyclic) bond motifs is 1. The summed E-state index contributed by atoms with van der Waals surface area (Å²) in [4.78, 5) is 2.47. The molecule has 2 N–H and O–H groups in total. The first-order valence-corrected chi connectivity index (χ1v) is 12.0. The van der Waals surface area contributed by atoms with Crippen LogP contribution in [0.1, 0.15) is 24.5 Å². The molecule has 0 spiro atoms. The summed E-state index contributed by atoms with van der Waals surface area (Å²) in [7, 11) is 0. The number of ether oxygens (including phenoxy) is 1. The van der Waals surface area contributed by atoms with Gasteiger partial charge in [0.2, 0.25) is 0 Å². The number of phenolic OH excluding ortho intramolecular Hbond substituents is 2. The molecule has 0 radical (unpaired) electrons. The summed E-state index contributed by atoms with van der Waals surface area (Å²) in [5.41, 5.74) is 4.40. The van der Waals surface area contributed by atoms with Crippen molar-refractivity contribution in [2.75, 3.05) is 26.2 Å². The molecule has 4 nitrogen and oxygen atoms in total. The van der Waals surface area contributed by atoms with E-state index < -0.39 is 0 Å². The molecule has 4 aromatic carbocycles. The highest BCUT2D eigenvalue weighted by Crippen LogP contribution is 2.35. The van der Waals surface area contributed by atoms with Gasteiger partial charge in [-0.2, -0.15) is 0 Å². The SMILES string of the molecule is CC1CCN(CCOc2ccc(Cc3c(-c4cccc(O)c4)ccc4cc(O)ccc34)cc2)C1. The second-order valence-corrected chi connectivity index (χ2v) is 9.41. The molecule has 1 aliphatic heterocycles. The van der Waals surface area contributed by atoms with Crippen LogP contribution in [0.4, 0.5) is 0 Å². The lowest BCUT2D eigenvalue weighted by atomic mass is 9.90. The molecule has 4 aromatic rings. The van der Waals surface area contributed by atoms with Crippen molar-refractivity contribution in [3.63, 3.8) is 0 Å². The molecule has 5 rings (SSSR count). The maximum absolute atomic E-state index is 10.0. The normalized spacial score (nSPS) is 16.2. The summed E-state index contributed by atoms with van der Waals surface area (Å²) >= 11 is 0. The molecule has 0 saturated carbocycles. The van der Waals surface area contributed by atoms with Crippen LogP contribution in [0.25, 0.3) is 21.9 Å². The molecular formula is C30H31NO3. The summed E-state index contributed by atoms with van der Waals surface area (Å²) in [5, 5.41) is 22.1. The molecule has 1 unspecified atom stereocenters. The summed E-state index contributed by atoms with van der Waals surface area (Å²) in [6.07, 6.45) is 2.02. The first kappa shape index (κ1) is 22.3. The van der Waals surface area contributed by atoms with Crippen LogP contribution in [-0.2, 0) is 6.42 Å². The van der Waals surface area contributed by atoms with Crippen LogP contribution in [0.5, 0.6) is 17.2 Å². The average Bonchev–Trinajstić information content (AvgIpc) is 3.25. The minimum Gasteiger partial charge on any atom is -0.508 e. The van der Waals surface area contributed by atoms with E-state index in [-0.39, 0.29) is 11.5 Å². The number of benzene rings is 4. The van der Waals surface area contributed by atoms with Crippen molar-refractivity contribution in [2.24, 2.45) is 5.92 Å². The summed E-state index contributed by atoms with van der Waals surface area (Å²) in [5.74, 6) is 2.20. The van der Waals surface area contributed by atoms with Crippen molar-refractivity contribution in [3.05, 3.63) is 90.0 Å². The molecule has 1 heterocycles. The van der Waals surface area contributed by atoms with Crippen LogP contribution in [0, 0.1) is 5.92 Å². The highest BCUT2D eigenvalue weighted by atomic mass is 16.5. The van der Waals surface area contributed by atoms with E-state index in [9.17, 15) is 10.2 Å². The van der Waals surface area contributed by atoms with Crippen molar-refractivity contribution in [2.45, 2.75) is 19.8 Å². The highest BCUT2D eigenvalue weighted by Gasteiger charge is 2.18. The third kappa shape index (κ3) is 5.02. The van der Waals surface area contributed by atoms with E-state index in [1.54, 1.807) is 24.3 Å². The van der Waals surface area contributed by atoms with Crippen molar-refractivity contribution in [1.29, 1.82) is 0 Å². The predicted molar refractivity (Wildman–Crippen MR) is 138 cm³/mol. The van der Waals surface area contributed by atoms with E-state index in [4.69, 9.17) is 4.74 Å². The van der Waals surface area contributed by atoms with Gasteiger partial charge >= 0.3 is 0 Å². The fourth-order valence-corrected chi connectivity index (χ4v) is 4.95. The minimum absolute atomic E-state index is 0.249. The Balaban J connectivity index is 1.37. The first-order chi connectivity index (χ1) is 16.5. The second kappa shape index (κ2) is 9.78. The van der Waals surface area contributed by atoms with Crippen molar-refractivity contribution in [1.82, 2.24) is 4.90 Å². The van der Waals surface area contributed by atoms with E-state index >= 15 is 0 Å². The van der Waals surface area contributed by atoms with E-state index in [2.05, 4.69) is 30.0 Å². The van der Waals surface area contributed by atoms with Gasteiger partial charge in [0.15, 0.2) is 0 Å². The molecule has 0 aromatic heterocycles. The summed E-state index contributed by atoms with van der Waals surface area (Å²) in [6, 6.07) is 25.3. The van der Waals surface area contributed by atoms with Gasteiger partial charge in [-0.25, -0.2) is 0 Å². The number of aromatic hydroxyl groups is 2. The smallest absolute Gasteiger partial charge is 0.119 e. The van der Waals surface area contributed by atoms with E-state index in [0.29, 0.717) is 6.61 Å². The molecule has 174 valence electrons. The standard InChI is InChI=1S/C30H31NO3/c1-21-13-14-31(20-21)15-16-34-27-9-5-22(6-10-27)17-30-28(23-3-2-4-25(32)18-23)11-7-24-19-26(33)8-12-29(24)30/h2-12,18-19,21,32-33H,13-17,20H2,1H3. The lowest BCUT2D eigenvalue weighted by molar-refractivity contribution is 0.234. The maximum Gasteiger partial charge on any atom is 0.119 e. The Morgan fingerprint density at radius 2 is 1.74 bits per heavy atom. The molecule has 4 heteroatoms. The van der Waals surface area contributed by atoms with Crippen LogP contribution in [0.15, 0.2) is 78.9 Å². The molecule has 0 bridgehead atoms. The van der Waals surface area contributed by atoms with Gasteiger partial charge in [0, 0.05) is 13.1 Å². The summed E-state index contributed by atoms with van der Waals surface area (Å²) in [6.45, 7) is 6.34. The zero-order chi connectivity index (χ0) is 23.5. The predicted octanol–water partition coefficient (Wildman–Crippen LogP) is 6.23. The van der Waals surface area contributed by atoms with Crippen LogP contribution >= 0.6 is 0 Å². The Morgan fingerprint density at radius 3 is 2.50 bits per heavy atom. The Kier molecular flexibility index (Phi) is 6.41. The van der Waals surface area contributed by atoms with E-state index in [1.165, 1.54) is 30.6 Å². The van der Waals surface area contributed by atoms with Crippen molar-refractivity contribution in [3.8, 4) is 28.4 Å². The molecule has 0 aliphatic carbocycles. The fourth-order valence-electron chi connectivity index (χ4n) is 4.95. The number of phenols is 2. The van der Waals surface area contributed by atoms with Crippen molar-refractivity contribution < 1.29 is 14.9 Å². The first-order valence-electron chi connectivity index (χ1n) is 12.0. The van der Waals surface area contributed by atoms with E-state index in [0.717, 1.165) is 46.5 Å². The lowest BCUT2D eigenvalue weighted by Crippen LogP contribution is -2.25. The van der Waals surface area contributed by atoms with E-state index in [1.807, 2.05) is 36.4 Å². The molecule has 1 saturated heterocycles. The summed E-state index contributed by atoms with van der Waals surface area (Å²) < 4.78 is 6.00. The third-order valence-corrected chi connectivity index (χ3v) is 6.76. The highest BCUT2D eigenvalue weighted by molar-refractivity contribution is 5.93. The molecule has 1 atom stereocenters. The number of nitrogens with zero attached hydrogens (tertiary/aromatic N) is 1. The lowest BCUT2D eigenvalue weighted by Gasteiger charge is -2.16. The zero-order valence-corrected chi connectivity index (χ0v) is 19.6. The number of likely N-dealkylation sites (tertiary alicyclic amines) is 1. The van der Waals surface area contributed by atoms with Gasteiger partial charge < -0.3 is 14.9 Å². The molecule has 34 heavy (non-hydrogen) atoms. The van der Waals surface area contributed by atoms with Crippen LogP contribution < -0.4 is 4.74 Å². The quantitative estimate of drug-likeness (QED) is 0.348. The van der Waals surface area contributed by atoms with Gasteiger partial charge in [-0.05, 0) is 94.7 Å². The topological polar surface area (TPSA) is 52.9 Å². The van der Waals surface area contributed by atoms with Crippen LogP contribution in [0.3, 0.4) is 0 Å². The Morgan fingerprint density at radius 1 is 0.912 bits per heavy atom. The van der Waals surface area contributed by atoms with Crippen LogP contribution in [0.2, 0.25) is 0 Å². The van der Waals surface area contributed by atoms with Crippen molar-refractivity contribution >= 4 is 10.8 Å². The van der Waals surface area contributed by atoms with Gasteiger partial charge in [-0.1, -0.05) is 49.4 Å².